The van der Waals surface area contributed by atoms with Crippen molar-refractivity contribution in [3.63, 3.8) is 0 Å². The zero-order chi connectivity index (χ0) is 13.4. The van der Waals surface area contributed by atoms with Crippen LogP contribution in [0.3, 0.4) is 0 Å². The molecule has 3 heterocycles. The second-order valence-electron chi connectivity index (χ2n) is 6.19. The lowest BCUT2D eigenvalue weighted by molar-refractivity contribution is 0.119. The van der Waals surface area contributed by atoms with Crippen molar-refractivity contribution in [2.45, 2.75) is 63.7 Å². The van der Waals surface area contributed by atoms with Gasteiger partial charge in [-0.1, -0.05) is 12.1 Å². The fourth-order valence-electron chi connectivity index (χ4n) is 3.90. The molecule has 3 atom stereocenters. The number of hydrogen-bond acceptors (Lipinski definition) is 4. The van der Waals surface area contributed by atoms with Gasteiger partial charge in [-0.25, -0.2) is 4.68 Å². The van der Waals surface area contributed by atoms with Crippen LogP contribution in [0.15, 0.2) is 6.20 Å². The average Bonchev–Trinajstić information content (AvgIpc) is 2.91. The minimum Gasteiger partial charge on any atom is -0.322 e. The molecule has 3 unspecified atom stereocenters. The molecule has 19 heavy (non-hydrogen) atoms. The van der Waals surface area contributed by atoms with Crippen LogP contribution < -0.4 is 5.73 Å². The minimum atomic E-state index is 0.0957. The molecular formula is C14H25N5. The third-order valence-corrected chi connectivity index (χ3v) is 5.07. The molecule has 0 spiro atoms. The number of hydrogen-bond donors (Lipinski definition) is 1. The molecular weight excluding hydrogens is 238 g/mol. The molecule has 5 heteroatoms. The van der Waals surface area contributed by atoms with Crippen LogP contribution in [0.25, 0.3) is 0 Å². The zero-order valence-corrected chi connectivity index (χ0v) is 12.0. The van der Waals surface area contributed by atoms with Crippen LogP contribution >= 0.6 is 0 Å². The molecule has 2 fully saturated rings. The Morgan fingerprint density at radius 1 is 1.37 bits per heavy atom. The molecule has 2 aliphatic rings. The van der Waals surface area contributed by atoms with Crippen molar-refractivity contribution in [3.8, 4) is 0 Å². The van der Waals surface area contributed by atoms with Crippen molar-refractivity contribution in [3.05, 3.63) is 11.9 Å². The molecule has 2 bridgehead atoms. The second-order valence-corrected chi connectivity index (χ2v) is 6.19. The zero-order valence-electron chi connectivity index (χ0n) is 12.0. The number of aryl methyl sites for hydroxylation is 1. The second kappa shape index (κ2) is 5.21. The first-order chi connectivity index (χ1) is 9.20. The van der Waals surface area contributed by atoms with E-state index in [9.17, 15) is 0 Å². The van der Waals surface area contributed by atoms with E-state index in [4.69, 9.17) is 5.73 Å². The highest BCUT2D eigenvalue weighted by Gasteiger charge is 2.41. The summed E-state index contributed by atoms with van der Waals surface area (Å²) in [4.78, 5) is 2.56. The van der Waals surface area contributed by atoms with E-state index < -0.39 is 0 Å². The lowest BCUT2D eigenvalue weighted by atomic mass is 9.84. The summed E-state index contributed by atoms with van der Waals surface area (Å²) >= 11 is 0. The molecule has 1 aromatic heterocycles. The molecule has 0 radical (unpaired) electrons. The largest absolute Gasteiger partial charge is 0.322 e. The van der Waals surface area contributed by atoms with Gasteiger partial charge in [-0.05, 0) is 45.1 Å². The molecule has 2 saturated heterocycles. The first-order valence-corrected chi connectivity index (χ1v) is 7.56. The molecule has 106 valence electrons. The van der Waals surface area contributed by atoms with Gasteiger partial charge in [0.05, 0.1) is 17.9 Å². The van der Waals surface area contributed by atoms with Gasteiger partial charge in [0.25, 0.3) is 0 Å². The van der Waals surface area contributed by atoms with E-state index in [1.165, 1.54) is 25.7 Å². The maximum absolute atomic E-state index is 6.52. The van der Waals surface area contributed by atoms with Gasteiger partial charge in [-0.15, -0.1) is 5.10 Å². The van der Waals surface area contributed by atoms with Crippen LogP contribution in [0.4, 0.5) is 0 Å². The number of piperidine rings is 1. The van der Waals surface area contributed by atoms with Crippen molar-refractivity contribution in [1.82, 2.24) is 19.9 Å². The Hall–Kier alpha value is -0.940. The smallest absolute Gasteiger partial charge is 0.0757 e. The summed E-state index contributed by atoms with van der Waals surface area (Å²) in [5.74, 6) is 0.586. The van der Waals surface area contributed by atoms with E-state index in [1.807, 2.05) is 10.9 Å². The molecule has 0 aromatic carbocycles. The summed E-state index contributed by atoms with van der Waals surface area (Å²) in [6.45, 7) is 3.08. The van der Waals surface area contributed by atoms with Gasteiger partial charge < -0.3 is 10.6 Å². The number of nitrogens with two attached hydrogens (primary N) is 1. The van der Waals surface area contributed by atoms with Crippen LogP contribution in [-0.2, 0) is 6.54 Å². The van der Waals surface area contributed by atoms with Crippen LogP contribution in [0.5, 0.6) is 0 Å². The Morgan fingerprint density at radius 2 is 2.05 bits per heavy atom. The van der Waals surface area contributed by atoms with Crippen molar-refractivity contribution >= 4 is 0 Å². The normalized spacial score (nSPS) is 32.7. The summed E-state index contributed by atoms with van der Waals surface area (Å²) in [7, 11) is 2.27. The quantitative estimate of drug-likeness (QED) is 0.895. The summed E-state index contributed by atoms with van der Waals surface area (Å²) in [5, 5.41) is 8.21. The average molecular weight is 263 g/mol. The Bertz CT molecular complexity index is 415. The number of nitrogens with zero attached hydrogens (tertiary/aromatic N) is 4. The predicted molar refractivity (Wildman–Crippen MR) is 74.5 cm³/mol. The SMILES string of the molecule is CCCn1nncc1C(N)C1CC2CCC(C1)N2C. The Labute approximate surface area is 115 Å². The van der Waals surface area contributed by atoms with Crippen molar-refractivity contribution in [2.24, 2.45) is 11.7 Å². The molecule has 3 rings (SSSR count). The molecule has 0 aliphatic carbocycles. The third-order valence-electron chi connectivity index (χ3n) is 5.07. The molecule has 0 saturated carbocycles. The minimum absolute atomic E-state index is 0.0957. The van der Waals surface area contributed by atoms with Gasteiger partial charge in [0, 0.05) is 18.6 Å². The summed E-state index contributed by atoms with van der Waals surface area (Å²) in [5.41, 5.74) is 7.64. The van der Waals surface area contributed by atoms with Crippen LogP contribution in [0.2, 0.25) is 0 Å². The summed E-state index contributed by atoms with van der Waals surface area (Å²) in [6.07, 6.45) is 8.08. The highest BCUT2D eigenvalue weighted by atomic mass is 15.4. The highest BCUT2D eigenvalue weighted by molar-refractivity contribution is 5.07. The predicted octanol–water partition coefficient (Wildman–Crippen LogP) is 1.56. The van der Waals surface area contributed by atoms with Gasteiger partial charge >= 0.3 is 0 Å². The molecule has 2 aliphatic heterocycles. The maximum atomic E-state index is 6.52. The van der Waals surface area contributed by atoms with Gasteiger partial charge in [-0.2, -0.15) is 0 Å². The Morgan fingerprint density at radius 3 is 2.68 bits per heavy atom. The molecule has 0 amide bonds. The standard InChI is InChI=1S/C14H25N5/c1-3-6-19-13(9-16-17-19)14(15)10-7-11-4-5-12(8-10)18(11)2/h9-12,14H,3-8,15H2,1-2H3. The summed E-state index contributed by atoms with van der Waals surface area (Å²) < 4.78 is 1.99. The summed E-state index contributed by atoms with van der Waals surface area (Å²) in [6, 6.07) is 1.58. The number of rotatable bonds is 4. The number of aromatic nitrogens is 3. The molecule has 1 aromatic rings. The monoisotopic (exact) mass is 263 g/mol. The van der Waals surface area contributed by atoms with Crippen LogP contribution in [0, 0.1) is 5.92 Å². The fourth-order valence-corrected chi connectivity index (χ4v) is 3.90. The highest BCUT2D eigenvalue weighted by Crippen LogP contribution is 2.41. The van der Waals surface area contributed by atoms with E-state index in [0.717, 1.165) is 30.7 Å². The fraction of sp³-hybridized carbons (Fsp3) is 0.857. The van der Waals surface area contributed by atoms with Crippen LogP contribution in [0.1, 0.15) is 50.8 Å². The third kappa shape index (κ3) is 2.30. The van der Waals surface area contributed by atoms with E-state index >= 15 is 0 Å². The van der Waals surface area contributed by atoms with E-state index in [2.05, 4.69) is 29.2 Å². The lowest BCUT2D eigenvalue weighted by Crippen LogP contribution is -2.43. The molecule has 5 nitrogen and oxygen atoms in total. The number of fused-ring (bicyclic) bond motifs is 2. The van der Waals surface area contributed by atoms with Crippen molar-refractivity contribution < 1.29 is 0 Å². The Kier molecular flexibility index (Phi) is 3.58. The first-order valence-electron chi connectivity index (χ1n) is 7.56. The van der Waals surface area contributed by atoms with Gasteiger partial charge in [0.1, 0.15) is 0 Å². The maximum Gasteiger partial charge on any atom is 0.0757 e. The van der Waals surface area contributed by atoms with Crippen molar-refractivity contribution in [2.75, 3.05) is 7.05 Å². The topological polar surface area (TPSA) is 60.0 Å². The van der Waals surface area contributed by atoms with Gasteiger partial charge in [0.15, 0.2) is 0 Å². The van der Waals surface area contributed by atoms with Crippen LogP contribution in [-0.4, -0.2) is 39.0 Å². The van der Waals surface area contributed by atoms with Gasteiger partial charge in [0.2, 0.25) is 0 Å². The van der Waals surface area contributed by atoms with Crippen molar-refractivity contribution in [1.29, 1.82) is 0 Å². The lowest BCUT2D eigenvalue weighted by Gasteiger charge is -2.38. The first kappa shape index (κ1) is 13.1. The molecule has 2 N–H and O–H groups in total. The van der Waals surface area contributed by atoms with E-state index in [0.29, 0.717) is 5.92 Å². The van der Waals surface area contributed by atoms with Gasteiger partial charge in [-0.3, -0.25) is 0 Å². The van der Waals surface area contributed by atoms with E-state index in [1.54, 1.807) is 0 Å². The Balaban J connectivity index is 1.74. The van der Waals surface area contributed by atoms with E-state index in [-0.39, 0.29) is 6.04 Å².